The molecule has 0 fully saturated rings. The first-order valence-electron chi connectivity index (χ1n) is 18.2. The smallest absolute Gasteiger partial charge is 0.164 e. The van der Waals surface area contributed by atoms with Gasteiger partial charge in [-0.15, -0.1) is 0 Å². The topological polar surface area (TPSA) is 75.6 Å². The van der Waals surface area contributed by atoms with E-state index in [-0.39, 0.29) is 0 Å². The Kier molecular flexibility index (Phi) is 7.79. The summed E-state index contributed by atoms with van der Waals surface area (Å²) in [4.78, 5) is 15.0. The third kappa shape index (κ3) is 5.89. The quantitative estimate of drug-likeness (QED) is 0.172. The van der Waals surface area contributed by atoms with Crippen LogP contribution in [-0.4, -0.2) is 15.0 Å². The van der Waals surface area contributed by atoms with Gasteiger partial charge in [0.2, 0.25) is 0 Å². The Morgan fingerprint density at radius 2 is 0.945 bits per heavy atom. The molecule has 0 amide bonds. The van der Waals surface area contributed by atoms with E-state index in [4.69, 9.17) is 19.4 Å². The third-order valence-corrected chi connectivity index (χ3v) is 10.1. The first kappa shape index (κ1) is 32.0. The van der Waals surface area contributed by atoms with Crippen molar-refractivity contribution >= 4 is 32.7 Å². The predicted octanol–water partition coefficient (Wildman–Crippen LogP) is 12.8. The van der Waals surface area contributed by atoms with Crippen LogP contribution in [0.25, 0.3) is 100 Å². The molecule has 0 radical (unpaired) electrons. The minimum Gasteiger partial charge on any atom is -0.455 e. The minimum absolute atomic E-state index is 0.546. The van der Waals surface area contributed by atoms with Crippen LogP contribution in [0.5, 0.6) is 0 Å². The van der Waals surface area contributed by atoms with Crippen LogP contribution in [0, 0.1) is 11.3 Å². The van der Waals surface area contributed by atoms with Gasteiger partial charge in [0.15, 0.2) is 17.5 Å². The summed E-state index contributed by atoms with van der Waals surface area (Å²) in [5.74, 6) is 1.68. The van der Waals surface area contributed by atoms with Gasteiger partial charge >= 0.3 is 0 Å². The zero-order valence-electron chi connectivity index (χ0n) is 29.5. The fourth-order valence-corrected chi connectivity index (χ4v) is 7.41. The van der Waals surface area contributed by atoms with Gasteiger partial charge in [0.05, 0.1) is 11.6 Å². The summed E-state index contributed by atoms with van der Waals surface area (Å²) in [7, 11) is 0. The lowest BCUT2D eigenvalue weighted by molar-refractivity contribution is 0.673. The molecule has 0 saturated carbocycles. The molecule has 0 aliphatic rings. The van der Waals surface area contributed by atoms with Crippen LogP contribution in [0.1, 0.15) is 5.56 Å². The number of hydrogen-bond acceptors (Lipinski definition) is 5. The molecule has 0 atom stereocenters. The second kappa shape index (κ2) is 13.4. The number of hydrogen-bond donors (Lipinski definition) is 0. The molecule has 0 N–H and O–H groups in total. The van der Waals surface area contributed by atoms with E-state index >= 15 is 0 Å². The van der Waals surface area contributed by atoms with Crippen molar-refractivity contribution in [2.75, 3.05) is 0 Å². The molecule has 55 heavy (non-hydrogen) atoms. The van der Waals surface area contributed by atoms with E-state index in [1.807, 2.05) is 84.9 Å². The Morgan fingerprint density at radius 3 is 1.69 bits per heavy atom. The highest BCUT2D eigenvalue weighted by atomic mass is 16.3. The van der Waals surface area contributed by atoms with Gasteiger partial charge in [0.1, 0.15) is 11.2 Å². The highest BCUT2D eigenvalue weighted by molar-refractivity contribution is 6.21. The molecule has 0 unspecified atom stereocenters. The summed E-state index contributed by atoms with van der Waals surface area (Å²) < 4.78 is 6.80. The molecular weight excluding hydrogens is 673 g/mol. The molecule has 5 nitrogen and oxygen atoms in total. The first-order chi connectivity index (χ1) is 27.2. The largest absolute Gasteiger partial charge is 0.455 e. The van der Waals surface area contributed by atoms with Crippen molar-refractivity contribution in [1.29, 1.82) is 5.26 Å². The Bertz CT molecular complexity index is 3090. The molecule has 2 heterocycles. The molecule has 10 aromatic rings. The minimum atomic E-state index is 0.546. The molecule has 0 saturated heterocycles. The van der Waals surface area contributed by atoms with Crippen molar-refractivity contribution in [2.45, 2.75) is 0 Å². The summed E-state index contributed by atoms with van der Waals surface area (Å²) in [6, 6.07) is 64.0. The lowest BCUT2D eigenvalue weighted by Crippen LogP contribution is -2.00. The molecule has 0 aliphatic heterocycles. The maximum atomic E-state index is 9.50. The van der Waals surface area contributed by atoms with Gasteiger partial charge in [-0.1, -0.05) is 146 Å². The van der Waals surface area contributed by atoms with Crippen LogP contribution in [0.15, 0.2) is 186 Å². The number of furan rings is 1. The lowest BCUT2D eigenvalue weighted by Gasteiger charge is -2.10. The van der Waals surface area contributed by atoms with Gasteiger partial charge in [-0.25, -0.2) is 15.0 Å². The maximum Gasteiger partial charge on any atom is 0.164 e. The number of benzene rings is 8. The average Bonchev–Trinajstić information content (AvgIpc) is 3.66. The third-order valence-electron chi connectivity index (χ3n) is 10.1. The Balaban J connectivity index is 1.12. The van der Waals surface area contributed by atoms with E-state index in [2.05, 4.69) is 103 Å². The van der Waals surface area contributed by atoms with Crippen molar-refractivity contribution in [2.24, 2.45) is 0 Å². The highest BCUT2D eigenvalue weighted by Crippen LogP contribution is 2.42. The highest BCUT2D eigenvalue weighted by Gasteiger charge is 2.19. The molecular formula is C50H30N4O. The van der Waals surface area contributed by atoms with Crippen LogP contribution in [-0.2, 0) is 0 Å². The van der Waals surface area contributed by atoms with Crippen molar-refractivity contribution < 1.29 is 4.42 Å². The Labute approximate surface area is 317 Å². The second-order valence-electron chi connectivity index (χ2n) is 13.6. The fourth-order valence-electron chi connectivity index (χ4n) is 7.41. The van der Waals surface area contributed by atoms with Crippen LogP contribution in [0.4, 0.5) is 0 Å². The van der Waals surface area contributed by atoms with Gasteiger partial charge < -0.3 is 4.42 Å². The molecule has 8 aromatic carbocycles. The van der Waals surface area contributed by atoms with E-state index < -0.39 is 0 Å². The normalized spacial score (nSPS) is 11.3. The van der Waals surface area contributed by atoms with Gasteiger partial charge in [-0.3, -0.25) is 0 Å². The van der Waals surface area contributed by atoms with Crippen LogP contribution < -0.4 is 0 Å². The van der Waals surface area contributed by atoms with Crippen molar-refractivity contribution in [3.05, 3.63) is 188 Å². The van der Waals surface area contributed by atoms with E-state index in [1.54, 1.807) is 0 Å². The molecule has 0 spiro atoms. The van der Waals surface area contributed by atoms with Gasteiger partial charge in [-0.05, 0) is 75.2 Å². The summed E-state index contributed by atoms with van der Waals surface area (Å²) in [5.41, 5.74) is 11.3. The zero-order valence-corrected chi connectivity index (χ0v) is 29.5. The molecule has 256 valence electrons. The molecule has 0 aliphatic carbocycles. The van der Waals surface area contributed by atoms with Gasteiger partial charge in [-0.2, -0.15) is 5.26 Å². The number of aromatic nitrogens is 3. The Hall–Kier alpha value is -7.68. The molecule has 5 heteroatoms. The summed E-state index contributed by atoms with van der Waals surface area (Å²) in [6.45, 7) is 0. The van der Waals surface area contributed by atoms with Gasteiger partial charge in [0.25, 0.3) is 0 Å². The summed E-state index contributed by atoms with van der Waals surface area (Å²) in [5, 5.41) is 13.8. The zero-order chi connectivity index (χ0) is 36.7. The first-order valence-corrected chi connectivity index (χ1v) is 18.2. The van der Waals surface area contributed by atoms with Crippen molar-refractivity contribution in [3.63, 3.8) is 0 Å². The monoisotopic (exact) mass is 702 g/mol. The molecule has 10 rings (SSSR count). The summed E-state index contributed by atoms with van der Waals surface area (Å²) in [6.07, 6.45) is 0. The molecule has 0 bridgehead atoms. The lowest BCUT2D eigenvalue weighted by atomic mass is 9.94. The fraction of sp³-hybridized carbons (Fsp3) is 0. The maximum absolute atomic E-state index is 9.50. The van der Waals surface area contributed by atoms with E-state index in [0.29, 0.717) is 23.0 Å². The predicted molar refractivity (Wildman–Crippen MR) is 222 cm³/mol. The van der Waals surface area contributed by atoms with Crippen molar-refractivity contribution in [3.8, 4) is 73.6 Å². The number of fused-ring (bicyclic) bond motifs is 5. The van der Waals surface area contributed by atoms with Crippen LogP contribution in [0.3, 0.4) is 0 Å². The SMILES string of the molecule is N#Cc1cccc(-c2cccc(-c3nc(-c4ccccc4)nc(-c4ccc5c(c4)oc4c6ccccc6cc(-c6ccc(-c7ccccc7)cc6)c54)n3)c2)c1. The number of rotatable bonds is 6. The van der Waals surface area contributed by atoms with E-state index in [0.717, 1.165) is 71.7 Å². The standard InChI is InChI=1S/C50H30N4O/c51-31-32-11-9-17-37(27-32)38-18-10-19-40(28-38)49-52-48(36-14-5-2-6-15-36)53-50(54-49)41-25-26-43-45(30-41)55-47-42-20-8-7-16-39(42)29-44(46(43)47)35-23-21-34(22-24-35)33-12-3-1-4-13-33/h1-30H. The second-order valence-corrected chi connectivity index (χ2v) is 13.6. The Morgan fingerprint density at radius 1 is 0.400 bits per heavy atom. The number of nitriles is 1. The van der Waals surface area contributed by atoms with Gasteiger partial charge in [0, 0.05) is 32.8 Å². The van der Waals surface area contributed by atoms with Crippen molar-refractivity contribution in [1.82, 2.24) is 15.0 Å². The summed E-state index contributed by atoms with van der Waals surface area (Å²) >= 11 is 0. The van der Waals surface area contributed by atoms with E-state index in [9.17, 15) is 5.26 Å². The van der Waals surface area contributed by atoms with Crippen LogP contribution in [0.2, 0.25) is 0 Å². The molecule has 2 aromatic heterocycles. The number of nitrogens with zero attached hydrogens (tertiary/aromatic N) is 4. The average molecular weight is 703 g/mol. The van der Waals surface area contributed by atoms with E-state index in [1.165, 1.54) is 11.1 Å². The van der Waals surface area contributed by atoms with Crippen LogP contribution >= 0.6 is 0 Å².